The van der Waals surface area contributed by atoms with Crippen molar-refractivity contribution in [2.24, 2.45) is 0 Å². The Balaban J connectivity index is 3.50. The summed E-state index contributed by atoms with van der Waals surface area (Å²) in [7, 11) is 0. The van der Waals surface area contributed by atoms with Crippen molar-refractivity contribution >= 4 is 23.4 Å². The number of aliphatic carboxylic acids is 1. The molecule has 0 fully saturated rings. The molecule has 0 aromatic carbocycles. The molecule has 0 aliphatic heterocycles. The van der Waals surface area contributed by atoms with Crippen molar-refractivity contribution in [3.8, 4) is 0 Å². The number of ketones is 1. The molecule has 0 aliphatic carbocycles. The zero-order valence-electron chi connectivity index (χ0n) is 5.63. The van der Waals surface area contributed by atoms with Gasteiger partial charge in [0.05, 0.1) is 11.8 Å². The first kappa shape index (κ1) is 9.43. The number of carboxylic acids is 1. The van der Waals surface area contributed by atoms with Gasteiger partial charge >= 0.3 is 5.97 Å². The van der Waals surface area contributed by atoms with Gasteiger partial charge in [-0.25, -0.2) is 0 Å². The fourth-order valence-corrected chi connectivity index (χ4v) is 0.538. The molecule has 0 radical (unpaired) electrons. The van der Waals surface area contributed by atoms with Crippen LogP contribution in [0.5, 0.6) is 0 Å². The van der Waals surface area contributed by atoms with Crippen LogP contribution in [0.4, 0.5) is 0 Å². The highest BCUT2D eigenvalue weighted by molar-refractivity contribution is 6.30. The lowest BCUT2D eigenvalue weighted by Gasteiger charge is -1.97. The van der Waals surface area contributed by atoms with Gasteiger partial charge in [0.15, 0.2) is 5.78 Å². The van der Waals surface area contributed by atoms with Crippen molar-refractivity contribution in [3.63, 3.8) is 0 Å². The van der Waals surface area contributed by atoms with Gasteiger partial charge < -0.3 is 5.11 Å². The van der Waals surface area contributed by atoms with E-state index in [1.807, 2.05) is 0 Å². The van der Waals surface area contributed by atoms with Gasteiger partial charge in [-0.3, -0.25) is 9.59 Å². The maximum absolute atomic E-state index is 10.7. The van der Waals surface area contributed by atoms with Gasteiger partial charge in [0, 0.05) is 6.42 Å². The normalized spacial score (nSPS) is 12.6. The van der Waals surface area contributed by atoms with E-state index in [2.05, 4.69) is 0 Å². The smallest absolute Gasteiger partial charge is 0.303 e. The minimum atomic E-state index is -0.967. The van der Waals surface area contributed by atoms with Crippen LogP contribution in [0.2, 0.25) is 0 Å². The van der Waals surface area contributed by atoms with Gasteiger partial charge in [-0.1, -0.05) is 0 Å². The number of carbonyl (C=O) groups excluding carboxylic acids is 1. The summed E-state index contributed by atoms with van der Waals surface area (Å²) in [6.45, 7) is 1.53. The molecule has 1 atom stereocenters. The quantitative estimate of drug-likeness (QED) is 0.632. The Labute approximate surface area is 64.0 Å². The van der Waals surface area contributed by atoms with E-state index in [9.17, 15) is 9.59 Å². The van der Waals surface area contributed by atoms with Crippen LogP contribution in [0.1, 0.15) is 19.8 Å². The second-order valence-corrected chi connectivity index (χ2v) is 2.63. The molecule has 0 aliphatic rings. The minimum absolute atomic E-state index is 0.0278. The van der Waals surface area contributed by atoms with Crippen LogP contribution in [-0.2, 0) is 9.59 Å². The number of Topliss-reactive ketones (excluding diaryl/α,β-unsaturated/α-hetero) is 1. The van der Waals surface area contributed by atoms with E-state index >= 15 is 0 Å². The highest BCUT2D eigenvalue weighted by atomic mass is 35.5. The molecule has 58 valence electrons. The van der Waals surface area contributed by atoms with Gasteiger partial charge in [-0.2, -0.15) is 0 Å². The molecular formula is C6H9ClO3. The topological polar surface area (TPSA) is 54.4 Å². The van der Waals surface area contributed by atoms with E-state index in [-0.39, 0.29) is 18.6 Å². The number of hydrogen-bond donors (Lipinski definition) is 1. The lowest BCUT2D eigenvalue weighted by molar-refractivity contribution is -0.138. The van der Waals surface area contributed by atoms with Crippen LogP contribution >= 0.6 is 11.6 Å². The predicted molar refractivity (Wildman–Crippen MR) is 37.2 cm³/mol. The SMILES string of the molecule is CC(Cl)C(=O)CCC(=O)O. The highest BCUT2D eigenvalue weighted by Gasteiger charge is 2.10. The van der Waals surface area contributed by atoms with Crippen LogP contribution in [-0.4, -0.2) is 22.2 Å². The summed E-state index contributed by atoms with van der Waals surface area (Å²) in [6.07, 6.45) is -0.101. The highest BCUT2D eigenvalue weighted by Crippen LogP contribution is 2.01. The number of carbonyl (C=O) groups is 2. The Morgan fingerprint density at radius 3 is 2.30 bits per heavy atom. The maximum Gasteiger partial charge on any atom is 0.303 e. The molecule has 0 aromatic rings. The summed E-state index contributed by atoms with van der Waals surface area (Å²) < 4.78 is 0. The van der Waals surface area contributed by atoms with Crippen molar-refractivity contribution in [1.82, 2.24) is 0 Å². The average Bonchev–Trinajstić information content (AvgIpc) is 1.82. The molecule has 0 saturated heterocycles. The molecule has 0 aromatic heterocycles. The molecule has 0 rings (SSSR count). The Morgan fingerprint density at radius 1 is 1.50 bits per heavy atom. The zero-order valence-corrected chi connectivity index (χ0v) is 6.39. The van der Waals surface area contributed by atoms with Crippen LogP contribution in [0.25, 0.3) is 0 Å². The van der Waals surface area contributed by atoms with Crippen LogP contribution in [0, 0.1) is 0 Å². The van der Waals surface area contributed by atoms with Gasteiger partial charge in [-0.15, -0.1) is 11.6 Å². The van der Waals surface area contributed by atoms with Crippen molar-refractivity contribution in [2.45, 2.75) is 25.1 Å². The van der Waals surface area contributed by atoms with Crippen molar-refractivity contribution < 1.29 is 14.7 Å². The fourth-order valence-electron chi connectivity index (χ4n) is 0.429. The van der Waals surface area contributed by atoms with Gasteiger partial charge in [0.2, 0.25) is 0 Å². The number of carboxylic acid groups (broad SMARTS) is 1. The van der Waals surface area contributed by atoms with Crippen molar-refractivity contribution in [3.05, 3.63) is 0 Å². The largest absolute Gasteiger partial charge is 0.481 e. The maximum atomic E-state index is 10.7. The van der Waals surface area contributed by atoms with Crippen LogP contribution in [0.15, 0.2) is 0 Å². The van der Waals surface area contributed by atoms with Crippen molar-refractivity contribution in [1.29, 1.82) is 0 Å². The molecule has 0 heterocycles. The molecule has 3 nitrogen and oxygen atoms in total. The number of hydrogen-bond acceptors (Lipinski definition) is 2. The first-order chi connectivity index (χ1) is 4.54. The summed E-state index contributed by atoms with van der Waals surface area (Å²) in [5, 5.41) is 7.58. The number of rotatable bonds is 4. The number of halogens is 1. The Morgan fingerprint density at radius 2 is 2.00 bits per heavy atom. The second kappa shape index (κ2) is 4.28. The number of alkyl halides is 1. The molecule has 0 saturated carbocycles. The van der Waals surface area contributed by atoms with Gasteiger partial charge in [-0.05, 0) is 6.92 Å². The third-order valence-corrected chi connectivity index (χ3v) is 1.27. The van der Waals surface area contributed by atoms with Gasteiger partial charge in [0.1, 0.15) is 0 Å². The molecule has 1 unspecified atom stereocenters. The summed E-state index contributed by atoms with van der Waals surface area (Å²) in [6, 6.07) is 0. The third kappa shape index (κ3) is 4.32. The Hall–Kier alpha value is -0.570. The van der Waals surface area contributed by atoms with E-state index in [1.54, 1.807) is 0 Å². The first-order valence-electron chi connectivity index (χ1n) is 2.92. The zero-order chi connectivity index (χ0) is 8.15. The van der Waals surface area contributed by atoms with Crippen LogP contribution < -0.4 is 0 Å². The predicted octanol–water partition coefficient (Wildman–Crippen LogP) is 1.05. The van der Waals surface area contributed by atoms with Crippen LogP contribution in [0.3, 0.4) is 0 Å². The molecule has 0 amide bonds. The second-order valence-electron chi connectivity index (χ2n) is 1.98. The molecule has 1 N–H and O–H groups in total. The van der Waals surface area contributed by atoms with Gasteiger partial charge in [0.25, 0.3) is 0 Å². The van der Waals surface area contributed by atoms with E-state index in [0.717, 1.165) is 0 Å². The molecule has 4 heteroatoms. The standard InChI is InChI=1S/C6H9ClO3/c1-4(7)5(8)2-3-6(9)10/h4H,2-3H2,1H3,(H,9,10). The monoisotopic (exact) mass is 164 g/mol. The summed E-state index contributed by atoms with van der Waals surface area (Å²) in [5.41, 5.74) is 0. The van der Waals surface area contributed by atoms with E-state index in [4.69, 9.17) is 16.7 Å². The minimum Gasteiger partial charge on any atom is -0.481 e. The molecule has 0 bridgehead atoms. The van der Waals surface area contributed by atoms with Crippen molar-refractivity contribution in [2.75, 3.05) is 0 Å². The van der Waals surface area contributed by atoms with E-state index in [1.165, 1.54) is 6.92 Å². The molecule has 10 heavy (non-hydrogen) atoms. The lowest BCUT2D eigenvalue weighted by Crippen LogP contribution is -2.11. The third-order valence-electron chi connectivity index (χ3n) is 1.03. The Bertz CT molecular complexity index is 142. The van der Waals surface area contributed by atoms with E-state index in [0.29, 0.717) is 0 Å². The first-order valence-corrected chi connectivity index (χ1v) is 3.36. The fraction of sp³-hybridized carbons (Fsp3) is 0.667. The average molecular weight is 165 g/mol. The summed E-state index contributed by atoms with van der Waals surface area (Å²) >= 11 is 5.37. The molecule has 0 spiro atoms. The Kier molecular flexibility index (Phi) is 4.03. The van der Waals surface area contributed by atoms with E-state index < -0.39 is 11.3 Å². The summed E-state index contributed by atoms with van der Waals surface area (Å²) in [5.74, 6) is -1.19. The lowest BCUT2D eigenvalue weighted by atomic mass is 10.2. The molecular weight excluding hydrogens is 156 g/mol. The summed E-state index contributed by atoms with van der Waals surface area (Å²) in [4.78, 5) is 20.6.